The standard InChI is InChI=1S/C20H27N3O3S2/c1-3-28(25,26)22-10-16-8-18(13-22)19-5-4-17(20(24)23(19)11-16)12-21(2)9-15-6-7-27-14-15/h4-7,14,16,18H,3,8-13H2,1-2H3/t16-,18+/m0/s1. The first-order valence-corrected chi connectivity index (χ1v) is 12.3. The topological polar surface area (TPSA) is 62.6 Å². The van der Waals surface area contributed by atoms with Crippen LogP contribution in [0.5, 0.6) is 0 Å². The molecule has 152 valence electrons. The van der Waals surface area contributed by atoms with Crippen LogP contribution in [0.2, 0.25) is 0 Å². The van der Waals surface area contributed by atoms with Crippen LogP contribution in [0.3, 0.4) is 0 Å². The van der Waals surface area contributed by atoms with Gasteiger partial charge in [0.1, 0.15) is 0 Å². The molecule has 4 rings (SSSR count). The highest BCUT2D eigenvalue weighted by Gasteiger charge is 2.38. The molecule has 2 aromatic heterocycles. The summed E-state index contributed by atoms with van der Waals surface area (Å²) in [5.74, 6) is 0.456. The van der Waals surface area contributed by atoms with Crippen molar-refractivity contribution in [2.24, 2.45) is 5.92 Å². The van der Waals surface area contributed by atoms with Gasteiger partial charge in [0.2, 0.25) is 10.0 Å². The lowest BCUT2D eigenvalue weighted by molar-refractivity contribution is 0.185. The van der Waals surface area contributed by atoms with Crippen molar-refractivity contribution < 1.29 is 8.42 Å². The number of hydrogen-bond donors (Lipinski definition) is 0. The van der Waals surface area contributed by atoms with Crippen LogP contribution in [0.15, 0.2) is 33.8 Å². The fourth-order valence-electron chi connectivity index (χ4n) is 4.52. The summed E-state index contributed by atoms with van der Waals surface area (Å²) in [6, 6.07) is 6.09. The Labute approximate surface area is 170 Å². The lowest BCUT2D eigenvalue weighted by Crippen LogP contribution is -2.49. The van der Waals surface area contributed by atoms with Gasteiger partial charge in [-0.2, -0.15) is 11.3 Å². The van der Waals surface area contributed by atoms with Crippen molar-refractivity contribution in [2.45, 2.75) is 38.9 Å². The van der Waals surface area contributed by atoms with Crippen molar-refractivity contribution >= 4 is 21.4 Å². The third-order valence-electron chi connectivity index (χ3n) is 5.88. The van der Waals surface area contributed by atoms with Gasteiger partial charge in [0, 0.05) is 49.9 Å². The summed E-state index contributed by atoms with van der Waals surface area (Å²) in [6.07, 6.45) is 0.965. The second-order valence-corrected chi connectivity index (χ2v) is 11.1. The maximum atomic E-state index is 13.1. The van der Waals surface area contributed by atoms with Crippen LogP contribution < -0.4 is 5.56 Å². The van der Waals surface area contributed by atoms with E-state index >= 15 is 0 Å². The molecule has 0 aromatic carbocycles. The molecule has 8 heteroatoms. The minimum absolute atomic E-state index is 0.0798. The fourth-order valence-corrected chi connectivity index (χ4v) is 6.39. The monoisotopic (exact) mass is 421 g/mol. The Morgan fingerprint density at radius 3 is 2.71 bits per heavy atom. The van der Waals surface area contributed by atoms with Crippen molar-refractivity contribution in [2.75, 3.05) is 25.9 Å². The van der Waals surface area contributed by atoms with Crippen molar-refractivity contribution in [3.8, 4) is 0 Å². The van der Waals surface area contributed by atoms with Gasteiger partial charge in [0.15, 0.2) is 0 Å². The van der Waals surface area contributed by atoms with Gasteiger partial charge in [-0.1, -0.05) is 6.07 Å². The van der Waals surface area contributed by atoms with E-state index in [2.05, 4.69) is 21.7 Å². The second-order valence-electron chi connectivity index (χ2n) is 8.02. The van der Waals surface area contributed by atoms with Crippen molar-refractivity contribution in [3.05, 3.63) is 56.1 Å². The number of aromatic nitrogens is 1. The first-order chi connectivity index (χ1) is 13.4. The average Bonchev–Trinajstić information content (AvgIpc) is 3.17. The summed E-state index contributed by atoms with van der Waals surface area (Å²) in [7, 11) is -1.15. The molecule has 0 amide bonds. The number of thiophene rings is 1. The van der Waals surface area contributed by atoms with E-state index in [9.17, 15) is 13.2 Å². The Morgan fingerprint density at radius 2 is 2.00 bits per heavy atom. The Balaban J connectivity index is 1.55. The predicted molar refractivity (Wildman–Crippen MR) is 112 cm³/mol. The first kappa shape index (κ1) is 19.8. The fraction of sp³-hybridized carbons (Fsp3) is 0.550. The number of hydrogen-bond acceptors (Lipinski definition) is 5. The number of fused-ring (bicyclic) bond motifs is 4. The van der Waals surface area contributed by atoms with Gasteiger partial charge in [-0.15, -0.1) is 0 Å². The molecule has 28 heavy (non-hydrogen) atoms. The second kappa shape index (κ2) is 7.74. The van der Waals surface area contributed by atoms with Crippen LogP contribution >= 0.6 is 11.3 Å². The van der Waals surface area contributed by atoms with Crippen LogP contribution in [0, 0.1) is 5.92 Å². The third-order valence-corrected chi connectivity index (χ3v) is 8.43. The lowest BCUT2D eigenvalue weighted by Gasteiger charge is -2.42. The lowest BCUT2D eigenvalue weighted by atomic mass is 9.84. The first-order valence-electron chi connectivity index (χ1n) is 9.77. The van der Waals surface area contributed by atoms with E-state index in [1.807, 2.05) is 23.7 Å². The van der Waals surface area contributed by atoms with E-state index in [0.29, 0.717) is 26.2 Å². The highest BCUT2D eigenvalue weighted by Crippen LogP contribution is 2.36. The molecule has 6 nitrogen and oxygen atoms in total. The number of piperidine rings is 1. The SMILES string of the molecule is CCS(=O)(=O)N1C[C@@H]2C[C@H](C1)c1ccc(CN(C)Cc3ccsc3)c(=O)n1C2. The van der Waals surface area contributed by atoms with E-state index < -0.39 is 10.0 Å². The van der Waals surface area contributed by atoms with Crippen LogP contribution in [0.4, 0.5) is 0 Å². The Kier molecular flexibility index (Phi) is 5.48. The molecule has 0 aliphatic carbocycles. The molecule has 4 heterocycles. The minimum Gasteiger partial charge on any atom is -0.312 e. The van der Waals surface area contributed by atoms with Crippen molar-refractivity contribution in [1.82, 2.24) is 13.8 Å². The minimum atomic E-state index is -3.18. The summed E-state index contributed by atoms with van der Waals surface area (Å²) < 4.78 is 28.2. The molecule has 0 radical (unpaired) electrons. The molecule has 2 aliphatic heterocycles. The van der Waals surface area contributed by atoms with E-state index in [1.165, 1.54) is 5.56 Å². The zero-order valence-electron chi connectivity index (χ0n) is 16.4. The molecular weight excluding hydrogens is 394 g/mol. The zero-order chi connectivity index (χ0) is 19.9. The highest BCUT2D eigenvalue weighted by molar-refractivity contribution is 7.89. The van der Waals surface area contributed by atoms with Crippen LogP contribution in [0.25, 0.3) is 0 Å². The smallest absolute Gasteiger partial charge is 0.255 e. The Hall–Kier alpha value is -1.48. The molecule has 2 aliphatic rings. The predicted octanol–water partition coefficient (Wildman–Crippen LogP) is 2.31. The molecule has 2 aromatic rings. The number of nitrogens with zero attached hydrogens (tertiary/aromatic N) is 3. The quantitative estimate of drug-likeness (QED) is 0.718. The third kappa shape index (κ3) is 3.83. The van der Waals surface area contributed by atoms with Gasteiger partial charge < -0.3 is 4.57 Å². The highest BCUT2D eigenvalue weighted by atomic mass is 32.2. The van der Waals surface area contributed by atoms with Gasteiger partial charge >= 0.3 is 0 Å². The zero-order valence-corrected chi connectivity index (χ0v) is 18.0. The van der Waals surface area contributed by atoms with Gasteiger partial charge in [-0.05, 0) is 54.8 Å². The van der Waals surface area contributed by atoms with E-state index in [-0.39, 0.29) is 23.1 Å². The molecule has 2 bridgehead atoms. The molecule has 2 atom stereocenters. The average molecular weight is 422 g/mol. The summed E-state index contributed by atoms with van der Waals surface area (Å²) in [4.78, 5) is 15.3. The Bertz CT molecular complexity index is 998. The summed E-state index contributed by atoms with van der Waals surface area (Å²) in [5, 5.41) is 4.20. The normalized spacial score (nSPS) is 22.4. The number of sulfonamides is 1. The molecule has 0 unspecified atom stereocenters. The van der Waals surface area contributed by atoms with Gasteiger partial charge in [0.25, 0.3) is 5.56 Å². The van der Waals surface area contributed by atoms with Crippen LogP contribution in [-0.2, 0) is 29.7 Å². The molecule has 0 saturated carbocycles. The molecule has 1 saturated heterocycles. The molecule has 1 fully saturated rings. The molecule has 0 spiro atoms. The van der Waals surface area contributed by atoms with E-state index in [0.717, 1.165) is 24.2 Å². The maximum Gasteiger partial charge on any atom is 0.255 e. The van der Waals surface area contributed by atoms with Gasteiger partial charge in [0.05, 0.1) is 5.75 Å². The number of pyridine rings is 1. The number of rotatable bonds is 6. The van der Waals surface area contributed by atoms with Crippen molar-refractivity contribution in [3.63, 3.8) is 0 Å². The van der Waals surface area contributed by atoms with Crippen molar-refractivity contribution in [1.29, 1.82) is 0 Å². The summed E-state index contributed by atoms with van der Waals surface area (Å²) in [5.41, 5.74) is 3.13. The largest absolute Gasteiger partial charge is 0.312 e. The maximum absolute atomic E-state index is 13.1. The van der Waals surface area contributed by atoms with E-state index in [4.69, 9.17) is 0 Å². The Morgan fingerprint density at radius 1 is 1.18 bits per heavy atom. The van der Waals surface area contributed by atoms with Gasteiger partial charge in [-0.25, -0.2) is 12.7 Å². The summed E-state index contributed by atoms with van der Waals surface area (Å²) in [6.45, 7) is 4.75. The molecular formula is C20H27N3O3S2. The van der Waals surface area contributed by atoms with Crippen LogP contribution in [-0.4, -0.2) is 48.1 Å². The van der Waals surface area contributed by atoms with E-state index in [1.54, 1.807) is 22.6 Å². The van der Waals surface area contributed by atoms with Gasteiger partial charge in [-0.3, -0.25) is 9.69 Å². The van der Waals surface area contributed by atoms with Crippen LogP contribution in [0.1, 0.15) is 36.1 Å². The summed E-state index contributed by atoms with van der Waals surface area (Å²) >= 11 is 1.68. The molecule has 0 N–H and O–H groups in total.